The Morgan fingerprint density at radius 2 is 2.21 bits per heavy atom. The summed E-state index contributed by atoms with van der Waals surface area (Å²) in [4.78, 5) is 19.3. The highest BCUT2D eigenvalue weighted by molar-refractivity contribution is 9.10. The van der Waals surface area contributed by atoms with E-state index in [2.05, 4.69) is 36.5 Å². The molecule has 1 aromatic heterocycles. The molecule has 1 amide bonds. The number of carbonyl (C=O) groups excluding carboxylic acids is 1. The third kappa shape index (κ3) is 4.88. The van der Waals surface area contributed by atoms with Crippen LogP contribution in [-0.2, 0) is 17.9 Å². The van der Waals surface area contributed by atoms with Crippen LogP contribution in [0, 0.1) is 12.8 Å². The van der Waals surface area contributed by atoms with Crippen molar-refractivity contribution in [3.05, 3.63) is 50.4 Å². The van der Waals surface area contributed by atoms with Crippen LogP contribution in [0.2, 0.25) is 0 Å². The predicted molar refractivity (Wildman–Crippen MR) is 101 cm³/mol. The van der Waals surface area contributed by atoms with Gasteiger partial charge in [0.05, 0.1) is 10.7 Å². The van der Waals surface area contributed by atoms with Crippen LogP contribution in [0.25, 0.3) is 0 Å². The van der Waals surface area contributed by atoms with Gasteiger partial charge in [-0.2, -0.15) is 0 Å². The van der Waals surface area contributed by atoms with Gasteiger partial charge in [-0.15, -0.1) is 11.3 Å². The van der Waals surface area contributed by atoms with Crippen LogP contribution in [0.5, 0.6) is 0 Å². The van der Waals surface area contributed by atoms with E-state index >= 15 is 0 Å². The lowest BCUT2D eigenvalue weighted by Gasteiger charge is -2.30. The molecule has 128 valence electrons. The Bertz CT molecular complexity index is 695. The van der Waals surface area contributed by atoms with E-state index in [1.807, 2.05) is 31.2 Å². The molecular weight excluding hydrogens is 386 g/mol. The number of nitrogens with one attached hydrogen (secondary N) is 1. The average Bonchev–Trinajstić information content (AvgIpc) is 2.98. The van der Waals surface area contributed by atoms with Gasteiger partial charge in [0.1, 0.15) is 0 Å². The molecule has 6 heteroatoms. The van der Waals surface area contributed by atoms with Crippen LogP contribution in [-0.4, -0.2) is 28.9 Å². The Morgan fingerprint density at radius 1 is 1.42 bits per heavy atom. The molecule has 3 rings (SSSR count). The van der Waals surface area contributed by atoms with Gasteiger partial charge in [-0.05, 0) is 50.6 Å². The molecule has 0 radical (unpaired) electrons. The largest absolute Gasteiger partial charge is 0.352 e. The summed E-state index contributed by atoms with van der Waals surface area (Å²) in [5, 5.41) is 6.32. The number of hydrogen-bond donors (Lipinski definition) is 1. The maximum Gasteiger partial charge on any atom is 0.223 e. The SMILES string of the molecule is Cc1nc(CN2CCC(C(=O)NCc3cccc(Br)c3)CC2)cs1. The molecular formula is C18H22BrN3OS. The monoisotopic (exact) mass is 407 g/mol. The first-order valence-electron chi connectivity index (χ1n) is 8.25. The van der Waals surface area contributed by atoms with Crippen molar-refractivity contribution in [2.24, 2.45) is 5.92 Å². The summed E-state index contributed by atoms with van der Waals surface area (Å²) in [7, 11) is 0. The molecule has 0 bridgehead atoms. The van der Waals surface area contributed by atoms with E-state index in [9.17, 15) is 4.79 Å². The molecule has 0 atom stereocenters. The summed E-state index contributed by atoms with van der Waals surface area (Å²) < 4.78 is 1.04. The van der Waals surface area contributed by atoms with Crippen LogP contribution < -0.4 is 5.32 Å². The fraction of sp³-hybridized carbons (Fsp3) is 0.444. The number of piperidine rings is 1. The van der Waals surface area contributed by atoms with Crippen molar-refractivity contribution in [3.8, 4) is 0 Å². The van der Waals surface area contributed by atoms with E-state index < -0.39 is 0 Å². The molecule has 1 aliphatic rings. The van der Waals surface area contributed by atoms with E-state index in [0.29, 0.717) is 6.54 Å². The summed E-state index contributed by atoms with van der Waals surface area (Å²) in [5.41, 5.74) is 2.27. The third-order valence-corrected chi connectivity index (χ3v) is 5.68. The van der Waals surface area contributed by atoms with Crippen molar-refractivity contribution in [1.29, 1.82) is 0 Å². The Morgan fingerprint density at radius 3 is 2.88 bits per heavy atom. The second-order valence-corrected chi connectivity index (χ2v) is 8.23. The lowest BCUT2D eigenvalue weighted by atomic mass is 9.95. The van der Waals surface area contributed by atoms with Gasteiger partial charge < -0.3 is 5.32 Å². The molecule has 4 nitrogen and oxygen atoms in total. The van der Waals surface area contributed by atoms with Gasteiger partial charge in [0.15, 0.2) is 0 Å². The maximum atomic E-state index is 12.4. The highest BCUT2D eigenvalue weighted by Gasteiger charge is 2.25. The number of carbonyl (C=O) groups is 1. The van der Waals surface area contributed by atoms with Crippen molar-refractivity contribution >= 4 is 33.2 Å². The number of likely N-dealkylation sites (tertiary alicyclic amines) is 1. The van der Waals surface area contributed by atoms with Crippen LogP contribution in [0.4, 0.5) is 0 Å². The third-order valence-electron chi connectivity index (χ3n) is 4.37. The summed E-state index contributed by atoms with van der Waals surface area (Å²) in [6, 6.07) is 8.05. The first-order chi connectivity index (χ1) is 11.6. The molecule has 0 aliphatic carbocycles. The molecule has 1 saturated heterocycles. The van der Waals surface area contributed by atoms with E-state index in [0.717, 1.165) is 53.2 Å². The standard InChI is InChI=1S/C18H22BrN3OS/c1-13-21-17(12-24-13)11-22-7-5-15(6-8-22)18(23)20-10-14-3-2-4-16(19)9-14/h2-4,9,12,15H,5-8,10-11H2,1H3,(H,20,23). The topological polar surface area (TPSA) is 45.2 Å². The first kappa shape index (κ1) is 17.6. The molecule has 2 aromatic rings. The van der Waals surface area contributed by atoms with Crippen molar-refractivity contribution in [3.63, 3.8) is 0 Å². The zero-order chi connectivity index (χ0) is 16.9. The summed E-state index contributed by atoms with van der Waals surface area (Å²) in [6.07, 6.45) is 1.85. The summed E-state index contributed by atoms with van der Waals surface area (Å²) >= 11 is 5.16. The Kier molecular flexibility index (Phi) is 6.03. The lowest BCUT2D eigenvalue weighted by Crippen LogP contribution is -2.40. The number of thiazole rings is 1. The van der Waals surface area contributed by atoms with Crippen molar-refractivity contribution < 1.29 is 4.79 Å². The molecule has 1 aromatic carbocycles. The van der Waals surface area contributed by atoms with E-state index in [1.165, 1.54) is 0 Å². The number of rotatable bonds is 5. The lowest BCUT2D eigenvalue weighted by molar-refractivity contribution is -0.126. The zero-order valence-corrected chi connectivity index (χ0v) is 16.2. The number of aromatic nitrogens is 1. The maximum absolute atomic E-state index is 12.4. The van der Waals surface area contributed by atoms with Gasteiger partial charge in [-0.3, -0.25) is 9.69 Å². The van der Waals surface area contributed by atoms with Gasteiger partial charge in [0.25, 0.3) is 0 Å². The van der Waals surface area contributed by atoms with Gasteiger partial charge in [-0.1, -0.05) is 28.1 Å². The second kappa shape index (κ2) is 8.23. The number of amides is 1. The fourth-order valence-electron chi connectivity index (χ4n) is 3.04. The normalized spacial score (nSPS) is 16.2. The van der Waals surface area contributed by atoms with Crippen LogP contribution >= 0.6 is 27.3 Å². The zero-order valence-electron chi connectivity index (χ0n) is 13.8. The van der Waals surface area contributed by atoms with Crippen LogP contribution in [0.15, 0.2) is 34.1 Å². The molecule has 1 fully saturated rings. The van der Waals surface area contributed by atoms with Crippen molar-refractivity contribution in [2.45, 2.75) is 32.9 Å². The van der Waals surface area contributed by atoms with E-state index in [4.69, 9.17) is 0 Å². The first-order valence-corrected chi connectivity index (χ1v) is 9.93. The van der Waals surface area contributed by atoms with Crippen LogP contribution in [0.1, 0.15) is 29.1 Å². The minimum atomic E-state index is 0.130. The quantitative estimate of drug-likeness (QED) is 0.820. The second-order valence-electron chi connectivity index (χ2n) is 6.26. The van der Waals surface area contributed by atoms with Crippen molar-refractivity contribution in [1.82, 2.24) is 15.2 Å². The van der Waals surface area contributed by atoms with Crippen LogP contribution in [0.3, 0.4) is 0 Å². The highest BCUT2D eigenvalue weighted by Crippen LogP contribution is 2.20. The molecule has 0 unspecified atom stereocenters. The number of nitrogens with zero attached hydrogens (tertiary/aromatic N) is 2. The smallest absolute Gasteiger partial charge is 0.223 e. The average molecular weight is 408 g/mol. The van der Waals surface area contributed by atoms with Gasteiger partial charge >= 0.3 is 0 Å². The van der Waals surface area contributed by atoms with E-state index in [1.54, 1.807) is 11.3 Å². The number of aryl methyl sites for hydroxylation is 1. The number of benzene rings is 1. The number of halogens is 1. The summed E-state index contributed by atoms with van der Waals surface area (Å²) in [5.74, 6) is 0.310. The van der Waals surface area contributed by atoms with Crippen molar-refractivity contribution in [2.75, 3.05) is 13.1 Å². The minimum absolute atomic E-state index is 0.130. The highest BCUT2D eigenvalue weighted by atomic mass is 79.9. The summed E-state index contributed by atoms with van der Waals surface area (Å²) in [6.45, 7) is 5.46. The Balaban J connectivity index is 1.43. The molecule has 0 spiro atoms. The Hall–Kier alpha value is -1.24. The Labute approximate surface area is 155 Å². The van der Waals surface area contributed by atoms with Gasteiger partial charge in [0, 0.05) is 28.9 Å². The molecule has 24 heavy (non-hydrogen) atoms. The number of hydrogen-bond acceptors (Lipinski definition) is 4. The minimum Gasteiger partial charge on any atom is -0.352 e. The van der Waals surface area contributed by atoms with Gasteiger partial charge in [-0.25, -0.2) is 4.98 Å². The fourth-order valence-corrected chi connectivity index (χ4v) is 4.09. The van der Waals surface area contributed by atoms with Gasteiger partial charge in [0.2, 0.25) is 5.91 Å². The molecule has 1 aliphatic heterocycles. The molecule has 0 saturated carbocycles. The molecule has 1 N–H and O–H groups in total. The predicted octanol–water partition coefficient (Wildman–Crippen LogP) is 3.74. The van der Waals surface area contributed by atoms with E-state index in [-0.39, 0.29) is 11.8 Å². The molecule has 2 heterocycles.